The van der Waals surface area contributed by atoms with E-state index in [-0.39, 0.29) is 30.0 Å². The molecule has 0 radical (unpaired) electrons. The van der Waals surface area contributed by atoms with Gasteiger partial charge in [0.1, 0.15) is 11.5 Å². The standard InChI is InChI=1S/C23H25FN4O2/c1-15-5-4-10-28-20(14-26-23(15)28)18(17-6-2-3-7-19(17)24)13-21(29)27-11-8-16(9-12-27)22(25)30/h2-7,10,14,16,18H,8-9,11-13H2,1H3,(H2,25,30). The number of rotatable bonds is 5. The highest BCUT2D eigenvalue weighted by Gasteiger charge is 2.30. The summed E-state index contributed by atoms with van der Waals surface area (Å²) in [6, 6.07) is 10.5. The smallest absolute Gasteiger partial charge is 0.223 e. The third-order valence-corrected chi connectivity index (χ3v) is 6.03. The van der Waals surface area contributed by atoms with Crippen molar-refractivity contribution in [2.24, 2.45) is 11.7 Å². The van der Waals surface area contributed by atoms with E-state index in [1.165, 1.54) is 6.07 Å². The van der Waals surface area contributed by atoms with Gasteiger partial charge in [-0.1, -0.05) is 24.3 Å². The van der Waals surface area contributed by atoms with E-state index in [9.17, 15) is 14.0 Å². The van der Waals surface area contributed by atoms with Crippen LogP contribution in [0.3, 0.4) is 0 Å². The molecule has 0 spiro atoms. The molecule has 0 saturated carbocycles. The van der Waals surface area contributed by atoms with Crippen molar-refractivity contribution in [3.63, 3.8) is 0 Å². The number of benzene rings is 1. The number of primary amides is 1. The molecule has 3 heterocycles. The van der Waals surface area contributed by atoms with Gasteiger partial charge in [0.05, 0.1) is 5.69 Å². The number of nitrogens with zero attached hydrogens (tertiary/aromatic N) is 3. The monoisotopic (exact) mass is 408 g/mol. The fourth-order valence-electron chi connectivity index (χ4n) is 4.28. The summed E-state index contributed by atoms with van der Waals surface area (Å²) in [6.07, 6.45) is 4.89. The Labute approximate surface area is 174 Å². The quantitative estimate of drug-likeness (QED) is 0.705. The van der Waals surface area contributed by atoms with Gasteiger partial charge in [-0.2, -0.15) is 0 Å². The molecule has 3 aromatic rings. The summed E-state index contributed by atoms with van der Waals surface area (Å²) < 4.78 is 16.7. The molecule has 1 unspecified atom stereocenters. The van der Waals surface area contributed by atoms with Gasteiger partial charge in [-0.15, -0.1) is 0 Å². The van der Waals surface area contributed by atoms with E-state index in [0.29, 0.717) is 31.5 Å². The molecule has 1 atom stereocenters. The molecule has 7 heteroatoms. The van der Waals surface area contributed by atoms with Crippen molar-refractivity contribution in [2.45, 2.75) is 32.1 Å². The highest BCUT2D eigenvalue weighted by molar-refractivity contribution is 5.79. The first-order valence-corrected chi connectivity index (χ1v) is 10.2. The summed E-state index contributed by atoms with van der Waals surface area (Å²) in [5.74, 6) is -1.37. The normalized spacial score (nSPS) is 16.0. The first kappa shape index (κ1) is 20.1. The molecule has 1 aromatic carbocycles. The highest BCUT2D eigenvalue weighted by atomic mass is 19.1. The van der Waals surface area contributed by atoms with Crippen LogP contribution in [0, 0.1) is 18.7 Å². The molecular weight excluding hydrogens is 383 g/mol. The molecule has 2 N–H and O–H groups in total. The van der Waals surface area contributed by atoms with Gasteiger partial charge < -0.3 is 15.0 Å². The van der Waals surface area contributed by atoms with E-state index in [4.69, 9.17) is 5.73 Å². The van der Waals surface area contributed by atoms with Crippen LogP contribution < -0.4 is 5.73 Å². The molecule has 0 aliphatic carbocycles. The molecule has 1 saturated heterocycles. The second-order valence-electron chi connectivity index (χ2n) is 7.90. The average Bonchev–Trinajstić information content (AvgIpc) is 3.18. The van der Waals surface area contributed by atoms with E-state index >= 15 is 0 Å². The van der Waals surface area contributed by atoms with Crippen LogP contribution in [0.5, 0.6) is 0 Å². The van der Waals surface area contributed by atoms with Gasteiger partial charge in [0.15, 0.2) is 0 Å². The number of imidazole rings is 1. The average molecular weight is 408 g/mol. The molecular formula is C23H25FN4O2. The maximum atomic E-state index is 14.7. The van der Waals surface area contributed by atoms with E-state index in [2.05, 4.69) is 4.98 Å². The molecule has 1 aliphatic rings. The number of likely N-dealkylation sites (tertiary alicyclic amines) is 1. The van der Waals surface area contributed by atoms with Gasteiger partial charge in [0.25, 0.3) is 0 Å². The van der Waals surface area contributed by atoms with Crippen LogP contribution in [0.2, 0.25) is 0 Å². The zero-order valence-electron chi connectivity index (χ0n) is 16.9. The van der Waals surface area contributed by atoms with E-state index < -0.39 is 5.92 Å². The van der Waals surface area contributed by atoms with Crippen LogP contribution in [-0.4, -0.2) is 39.2 Å². The zero-order chi connectivity index (χ0) is 21.3. The van der Waals surface area contributed by atoms with Crippen molar-refractivity contribution in [3.8, 4) is 0 Å². The van der Waals surface area contributed by atoms with Crippen molar-refractivity contribution >= 4 is 17.5 Å². The predicted molar refractivity (Wildman–Crippen MR) is 111 cm³/mol. The summed E-state index contributed by atoms with van der Waals surface area (Å²) in [4.78, 5) is 30.8. The summed E-state index contributed by atoms with van der Waals surface area (Å²) in [5, 5.41) is 0. The van der Waals surface area contributed by atoms with Crippen LogP contribution in [-0.2, 0) is 9.59 Å². The number of aryl methyl sites for hydroxylation is 1. The van der Waals surface area contributed by atoms with E-state index in [0.717, 1.165) is 16.9 Å². The predicted octanol–water partition coefficient (Wildman–Crippen LogP) is 3.03. The van der Waals surface area contributed by atoms with Crippen molar-refractivity contribution in [3.05, 3.63) is 71.4 Å². The Hall–Kier alpha value is -3.22. The lowest BCUT2D eigenvalue weighted by molar-refractivity contribution is -0.135. The molecule has 2 aromatic heterocycles. The van der Waals surface area contributed by atoms with Gasteiger partial charge in [-0.25, -0.2) is 9.37 Å². The summed E-state index contributed by atoms with van der Waals surface area (Å²) >= 11 is 0. The molecule has 156 valence electrons. The number of hydrogen-bond acceptors (Lipinski definition) is 3. The molecule has 30 heavy (non-hydrogen) atoms. The van der Waals surface area contributed by atoms with Gasteiger partial charge >= 0.3 is 0 Å². The van der Waals surface area contributed by atoms with E-state index in [1.807, 2.05) is 29.7 Å². The molecule has 1 fully saturated rings. The summed E-state index contributed by atoms with van der Waals surface area (Å²) in [6.45, 7) is 2.95. The Kier molecular flexibility index (Phi) is 5.53. The second kappa shape index (κ2) is 8.26. The third kappa shape index (κ3) is 3.79. The number of nitrogens with two attached hydrogens (primary N) is 1. The number of piperidine rings is 1. The number of fused-ring (bicyclic) bond motifs is 1. The number of amides is 2. The Balaban J connectivity index is 1.65. The second-order valence-corrected chi connectivity index (χ2v) is 7.90. The molecule has 1 aliphatic heterocycles. The van der Waals surface area contributed by atoms with Crippen LogP contribution in [0.1, 0.15) is 42.0 Å². The van der Waals surface area contributed by atoms with Gasteiger partial charge in [0.2, 0.25) is 11.8 Å². The first-order valence-electron chi connectivity index (χ1n) is 10.2. The minimum Gasteiger partial charge on any atom is -0.369 e. The van der Waals surface area contributed by atoms with Crippen LogP contribution >= 0.6 is 0 Å². The van der Waals surface area contributed by atoms with Gasteiger partial charge in [0, 0.05) is 43.7 Å². The van der Waals surface area contributed by atoms with Gasteiger partial charge in [-0.3, -0.25) is 9.59 Å². The topological polar surface area (TPSA) is 80.7 Å². The SMILES string of the molecule is Cc1cccn2c(C(CC(=O)N3CCC(C(N)=O)CC3)c3ccccc3F)cnc12. The zero-order valence-corrected chi connectivity index (χ0v) is 16.9. The lowest BCUT2D eigenvalue weighted by Gasteiger charge is -2.31. The maximum Gasteiger partial charge on any atom is 0.223 e. The Morgan fingerprint density at radius 3 is 2.63 bits per heavy atom. The summed E-state index contributed by atoms with van der Waals surface area (Å²) in [7, 11) is 0. The van der Waals surface area contributed by atoms with Crippen molar-refractivity contribution in [1.82, 2.24) is 14.3 Å². The Morgan fingerprint density at radius 1 is 1.20 bits per heavy atom. The van der Waals surface area contributed by atoms with Crippen molar-refractivity contribution in [2.75, 3.05) is 13.1 Å². The number of carbonyl (C=O) groups excluding carboxylic acids is 2. The molecule has 6 nitrogen and oxygen atoms in total. The van der Waals surface area contributed by atoms with Gasteiger partial charge in [-0.05, 0) is 43.0 Å². The number of hydrogen-bond donors (Lipinski definition) is 1. The molecule has 2 amide bonds. The minimum absolute atomic E-state index is 0.0613. The molecule has 0 bridgehead atoms. The lowest BCUT2D eigenvalue weighted by Crippen LogP contribution is -2.42. The van der Waals surface area contributed by atoms with E-state index in [1.54, 1.807) is 29.3 Å². The minimum atomic E-state index is -0.468. The summed E-state index contributed by atoms with van der Waals surface area (Å²) in [5.41, 5.74) is 8.45. The van der Waals surface area contributed by atoms with Crippen molar-refractivity contribution < 1.29 is 14.0 Å². The molecule has 4 rings (SSSR count). The fourth-order valence-corrected chi connectivity index (χ4v) is 4.28. The van der Waals surface area contributed by atoms with Crippen LogP contribution in [0.4, 0.5) is 4.39 Å². The fraction of sp³-hybridized carbons (Fsp3) is 0.348. The lowest BCUT2D eigenvalue weighted by atomic mass is 9.90. The number of halogens is 1. The Morgan fingerprint density at radius 2 is 1.93 bits per heavy atom. The highest BCUT2D eigenvalue weighted by Crippen LogP contribution is 2.32. The maximum absolute atomic E-state index is 14.7. The first-order chi connectivity index (χ1) is 14.5. The largest absolute Gasteiger partial charge is 0.369 e. The third-order valence-electron chi connectivity index (χ3n) is 6.03. The Bertz CT molecular complexity index is 1090. The number of aromatic nitrogens is 2. The van der Waals surface area contributed by atoms with Crippen molar-refractivity contribution in [1.29, 1.82) is 0 Å². The number of carbonyl (C=O) groups is 2. The number of pyridine rings is 1. The van der Waals surface area contributed by atoms with Crippen LogP contribution in [0.25, 0.3) is 5.65 Å². The van der Waals surface area contributed by atoms with Crippen LogP contribution in [0.15, 0.2) is 48.8 Å².